The Morgan fingerprint density at radius 3 is 2.59 bits per heavy atom. The Morgan fingerprint density at radius 1 is 1.00 bits per heavy atom. The van der Waals surface area contributed by atoms with E-state index in [1.54, 1.807) is 12.1 Å². The Balaban J connectivity index is 1.22. The SMILES string of the molecule is O=C(C1CCCCC1)C(C1CCc2cc([N+](=O)[O-])ccc2N1)N1CCN(c2cccc3[nH]ccc23)CC1. The number of anilines is 2. The van der Waals surface area contributed by atoms with Gasteiger partial charge in [-0.1, -0.05) is 25.3 Å². The number of H-pyrrole nitrogens is 1. The van der Waals surface area contributed by atoms with Crippen LogP contribution in [0, 0.1) is 16.0 Å². The molecule has 3 aromatic rings. The number of nitrogens with zero attached hydrogens (tertiary/aromatic N) is 3. The molecule has 8 heteroatoms. The number of aromatic nitrogens is 1. The summed E-state index contributed by atoms with van der Waals surface area (Å²) in [5, 5.41) is 16.1. The maximum Gasteiger partial charge on any atom is 0.269 e. The number of rotatable bonds is 6. The van der Waals surface area contributed by atoms with Crippen LogP contribution in [0.2, 0.25) is 0 Å². The number of fused-ring (bicyclic) bond motifs is 2. The molecule has 8 nitrogen and oxygen atoms in total. The van der Waals surface area contributed by atoms with Crippen molar-refractivity contribution in [3.63, 3.8) is 0 Å². The van der Waals surface area contributed by atoms with E-state index in [-0.39, 0.29) is 28.6 Å². The molecule has 3 aliphatic rings. The number of nitrogens with one attached hydrogen (secondary N) is 2. The molecule has 0 amide bonds. The normalized spacial score (nSPS) is 21.8. The van der Waals surface area contributed by atoms with Crippen molar-refractivity contribution < 1.29 is 9.72 Å². The fraction of sp³-hybridized carbons (Fsp3) is 0.483. The van der Waals surface area contributed by atoms with Gasteiger partial charge in [-0.2, -0.15) is 0 Å². The number of benzene rings is 2. The molecule has 1 saturated carbocycles. The minimum absolute atomic E-state index is 0.0167. The molecule has 2 aromatic carbocycles. The van der Waals surface area contributed by atoms with Crippen LogP contribution in [0.3, 0.4) is 0 Å². The Hall–Kier alpha value is -3.39. The predicted molar refractivity (Wildman–Crippen MR) is 146 cm³/mol. The Morgan fingerprint density at radius 2 is 1.81 bits per heavy atom. The lowest BCUT2D eigenvalue weighted by atomic mass is 9.80. The molecule has 1 saturated heterocycles. The number of ketones is 1. The first-order chi connectivity index (χ1) is 18.1. The first kappa shape index (κ1) is 24.0. The molecule has 6 rings (SSSR count). The molecule has 1 aliphatic carbocycles. The second kappa shape index (κ2) is 10.2. The first-order valence-electron chi connectivity index (χ1n) is 13.7. The van der Waals surface area contributed by atoms with Crippen molar-refractivity contribution in [2.24, 2.45) is 5.92 Å². The van der Waals surface area contributed by atoms with E-state index in [9.17, 15) is 14.9 Å². The number of piperazine rings is 1. The highest BCUT2D eigenvalue weighted by molar-refractivity contribution is 5.92. The summed E-state index contributed by atoms with van der Waals surface area (Å²) in [5.41, 5.74) is 4.43. The molecule has 3 heterocycles. The molecule has 1 aromatic heterocycles. The van der Waals surface area contributed by atoms with E-state index in [0.29, 0.717) is 5.78 Å². The highest BCUT2D eigenvalue weighted by Gasteiger charge is 2.40. The summed E-state index contributed by atoms with van der Waals surface area (Å²) in [4.78, 5) is 33.1. The van der Waals surface area contributed by atoms with Crippen LogP contribution in [0.4, 0.5) is 17.1 Å². The largest absolute Gasteiger partial charge is 0.380 e. The molecule has 0 bridgehead atoms. The van der Waals surface area contributed by atoms with Gasteiger partial charge in [0.2, 0.25) is 0 Å². The summed E-state index contributed by atoms with van der Waals surface area (Å²) in [6.45, 7) is 3.45. The minimum atomic E-state index is -0.338. The molecule has 2 atom stereocenters. The van der Waals surface area contributed by atoms with Crippen molar-refractivity contribution in [3.8, 4) is 0 Å². The number of hydrogen-bond donors (Lipinski definition) is 2. The van der Waals surface area contributed by atoms with E-state index in [0.717, 1.165) is 81.5 Å². The van der Waals surface area contributed by atoms with E-state index in [4.69, 9.17) is 0 Å². The van der Waals surface area contributed by atoms with Crippen LogP contribution in [0.25, 0.3) is 10.9 Å². The summed E-state index contributed by atoms with van der Waals surface area (Å²) in [6.07, 6.45) is 9.06. The van der Waals surface area contributed by atoms with E-state index in [1.807, 2.05) is 12.3 Å². The van der Waals surface area contributed by atoms with Crippen molar-refractivity contribution >= 4 is 33.7 Å². The number of nitro benzene ring substituents is 1. The molecule has 2 N–H and O–H groups in total. The van der Waals surface area contributed by atoms with E-state index in [2.05, 4.69) is 44.4 Å². The van der Waals surface area contributed by atoms with Gasteiger partial charge in [-0.25, -0.2) is 0 Å². The van der Waals surface area contributed by atoms with Crippen LogP contribution in [0.5, 0.6) is 0 Å². The van der Waals surface area contributed by atoms with Crippen molar-refractivity contribution in [1.29, 1.82) is 0 Å². The maximum absolute atomic E-state index is 14.1. The van der Waals surface area contributed by atoms with E-state index < -0.39 is 0 Å². The highest BCUT2D eigenvalue weighted by atomic mass is 16.6. The number of non-ortho nitro benzene ring substituents is 1. The van der Waals surface area contributed by atoms with Gasteiger partial charge in [0.15, 0.2) is 5.78 Å². The fourth-order valence-electron chi connectivity index (χ4n) is 6.71. The van der Waals surface area contributed by atoms with Crippen LogP contribution in [0.1, 0.15) is 44.1 Å². The maximum atomic E-state index is 14.1. The third-order valence-corrected chi connectivity index (χ3v) is 8.67. The lowest BCUT2D eigenvalue weighted by Crippen LogP contribution is -2.60. The van der Waals surface area contributed by atoms with Gasteiger partial charge in [0.1, 0.15) is 0 Å². The Labute approximate surface area is 217 Å². The monoisotopic (exact) mass is 501 g/mol. The summed E-state index contributed by atoms with van der Waals surface area (Å²) in [7, 11) is 0. The van der Waals surface area contributed by atoms with Gasteiger partial charge in [0.25, 0.3) is 5.69 Å². The second-order valence-electron chi connectivity index (χ2n) is 10.8. The van der Waals surface area contributed by atoms with Crippen molar-refractivity contribution in [2.75, 3.05) is 36.4 Å². The van der Waals surface area contributed by atoms with Crippen molar-refractivity contribution in [1.82, 2.24) is 9.88 Å². The predicted octanol–water partition coefficient (Wildman–Crippen LogP) is 5.14. The molecule has 37 heavy (non-hydrogen) atoms. The number of Topliss-reactive ketones (excluding diaryl/α,β-unsaturated/α-hetero) is 1. The fourth-order valence-corrected chi connectivity index (χ4v) is 6.71. The highest BCUT2D eigenvalue weighted by Crippen LogP contribution is 2.34. The molecule has 2 unspecified atom stereocenters. The van der Waals surface area contributed by atoms with Crippen molar-refractivity contribution in [2.45, 2.75) is 57.0 Å². The summed E-state index contributed by atoms with van der Waals surface area (Å²) in [6, 6.07) is 13.4. The van der Waals surface area contributed by atoms with Crippen LogP contribution >= 0.6 is 0 Å². The van der Waals surface area contributed by atoms with E-state index >= 15 is 0 Å². The second-order valence-corrected chi connectivity index (χ2v) is 10.8. The van der Waals surface area contributed by atoms with Gasteiger partial charge < -0.3 is 15.2 Å². The van der Waals surface area contributed by atoms with Gasteiger partial charge in [-0.3, -0.25) is 19.8 Å². The average molecular weight is 502 g/mol. The van der Waals surface area contributed by atoms with E-state index in [1.165, 1.54) is 17.5 Å². The van der Waals surface area contributed by atoms with Gasteiger partial charge in [-0.15, -0.1) is 0 Å². The zero-order valence-electron chi connectivity index (χ0n) is 21.2. The van der Waals surface area contributed by atoms with Gasteiger partial charge >= 0.3 is 0 Å². The van der Waals surface area contributed by atoms with Gasteiger partial charge in [0, 0.05) is 78.7 Å². The Kier molecular flexibility index (Phi) is 6.59. The van der Waals surface area contributed by atoms with Gasteiger partial charge in [-0.05, 0) is 55.5 Å². The van der Waals surface area contributed by atoms with Crippen LogP contribution in [-0.2, 0) is 11.2 Å². The zero-order valence-corrected chi connectivity index (χ0v) is 21.2. The molecule has 2 aliphatic heterocycles. The topological polar surface area (TPSA) is 94.5 Å². The molecular formula is C29H35N5O3. The Bertz CT molecular complexity index is 1290. The van der Waals surface area contributed by atoms with Crippen LogP contribution in [0.15, 0.2) is 48.7 Å². The number of nitro groups is 1. The smallest absolute Gasteiger partial charge is 0.269 e. The minimum Gasteiger partial charge on any atom is -0.380 e. The quantitative estimate of drug-likeness (QED) is 0.359. The third-order valence-electron chi connectivity index (χ3n) is 8.67. The number of aromatic amines is 1. The van der Waals surface area contributed by atoms with Crippen molar-refractivity contribution in [3.05, 3.63) is 64.3 Å². The van der Waals surface area contributed by atoms with Gasteiger partial charge in [0.05, 0.1) is 11.0 Å². The standard InChI is InChI=1S/C29H35N5O3/c35-29(20-5-2-1-3-6-20)28(26-11-9-21-19-22(34(36)37)10-12-24(21)31-26)33-17-15-32(16-18-33)27-8-4-7-25-23(27)13-14-30-25/h4,7-8,10,12-14,19-20,26,28,30-31H,1-3,5-6,9,11,15-18H2. The molecular weight excluding hydrogens is 466 g/mol. The number of aryl methyl sites for hydroxylation is 1. The lowest BCUT2D eigenvalue weighted by Gasteiger charge is -2.45. The summed E-state index contributed by atoms with van der Waals surface area (Å²) < 4.78 is 0. The first-order valence-corrected chi connectivity index (χ1v) is 13.7. The molecule has 0 spiro atoms. The molecule has 2 fully saturated rings. The summed E-state index contributed by atoms with van der Waals surface area (Å²) >= 11 is 0. The number of hydrogen-bond acceptors (Lipinski definition) is 6. The number of carbonyl (C=O) groups excluding carboxylic acids is 1. The molecule has 0 radical (unpaired) electrons. The average Bonchev–Trinajstić information content (AvgIpc) is 3.43. The number of carbonyl (C=O) groups is 1. The third kappa shape index (κ3) is 4.70. The van der Waals surface area contributed by atoms with Crippen LogP contribution < -0.4 is 10.2 Å². The summed E-state index contributed by atoms with van der Waals surface area (Å²) in [5.74, 6) is 0.536. The molecule has 194 valence electrons. The lowest BCUT2D eigenvalue weighted by molar-refractivity contribution is -0.384. The zero-order chi connectivity index (χ0) is 25.4. The van der Waals surface area contributed by atoms with Crippen LogP contribution in [-0.4, -0.2) is 58.9 Å².